The molecule has 3 aromatic rings. The summed E-state index contributed by atoms with van der Waals surface area (Å²) in [6.07, 6.45) is 4.88. The number of hydrogen-bond donors (Lipinski definition) is 0. The van der Waals surface area contributed by atoms with Crippen LogP contribution in [0.25, 0.3) is 17.3 Å². The fourth-order valence-corrected chi connectivity index (χ4v) is 2.61. The molecule has 1 heterocycles. The Morgan fingerprint density at radius 3 is 2.37 bits per heavy atom. The molecule has 0 amide bonds. The lowest BCUT2D eigenvalue weighted by Gasteiger charge is -2.01. The maximum Gasteiger partial charge on any atom is 0.331 e. The van der Waals surface area contributed by atoms with Gasteiger partial charge in [-0.1, -0.05) is 60.7 Å². The monoisotopic (exact) mass is 360 g/mol. The molecule has 2 aromatic carbocycles. The van der Waals surface area contributed by atoms with E-state index in [4.69, 9.17) is 4.74 Å². The van der Waals surface area contributed by atoms with Crippen molar-refractivity contribution in [3.8, 4) is 11.3 Å². The Morgan fingerprint density at radius 1 is 1.04 bits per heavy atom. The lowest BCUT2D eigenvalue weighted by molar-refractivity contribution is -0.142. The van der Waals surface area contributed by atoms with Crippen molar-refractivity contribution >= 4 is 17.8 Å². The summed E-state index contributed by atoms with van der Waals surface area (Å²) in [5.41, 5.74) is 3.68. The Labute approximate surface area is 157 Å². The Bertz CT molecular complexity index is 944. The SMILES string of the molecule is CC(=O)COC(=O)/C=C/c1cn(Cc2ccccc2)nc1-c1ccccc1. The van der Waals surface area contributed by atoms with Crippen LogP contribution in [0.15, 0.2) is 72.9 Å². The van der Waals surface area contributed by atoms with Crippen LogP contribution >= 0.6 is 0 Å². The lowest BCUT2D eigenvalue weighted by atomic mass is 10.1. The maximum atomic E-state index is 11.8. The van der Waals surface area contributed by atoms with Crippen molar-refractivity contribution in [1.29, 1.82) is 0 Å². The van der Waals surface area contributed by atoms with Gasteiger partial charge in [-0.05, 0) is 18.6 Å². The average molecular weight is 360 g/mol. The van der Waals surface area contributed by atoms with E-state index in [0.717, 1.165) is 22.4 Å². The fourth-order valence-electron chi connectivity index (χ4n) is 2.61. The van der Waals surface area contributed by atoms with Gasteiger partial charge in [0.1, 0.15) is 6.61 Å². The molecule has 0 radical (unpaired) electrons. The standard InChI is InChI=1S/C22H20N2O3/c1-17(25)16-27-21(26)13-12-20-15-24(14-18-8-4-2-5-9-18)23-22(20)19-10-6-3-7-11-19/h2-13,15H,14,16H2,1H3/b13-12+. The van der Waals surface area contributed by atoms with E-state index >= 15 is 0 Å². The summed E-state index contributed by atoms with van der Waals surface area (Å²) < 4.78 is 6.72. The number of rotatable bonds is 7. The number of carbonyl (C=O) groups excluding carboxylic acids is 2. The van der Waals surface area contributed by atoms with Gasteiger partial charge in [-0.15, -0.1) is 0 Å². The molecular formula is C22H20N2O3. The van der Waals surface area contributed by atoms with Crippen LogP contribution in [-0.2, 0) is 20.9 Å². The van der Waals surface area contributed by atoms with E-state index < -0.39 is 5.97 Å². The number of nitrogens with zero attached hydrogens (tertiary/aromatic N) is 2. The molecule has 5 heteroatoms. The van der Waals surface area contributed by atoms with E-state index in [1.54, 1.807) is 6.08 Å². The van der Waals surface area contributed by atoms with Crippen molar-refractivity contribution in [3.05, 3.63) is 84.1 Å². The molecule has 0 aliphatic rings. The quantitative estimate of drug-likeness (QED) is 0.476. The second-order valence-electron chi connectivity index (χ2n) is 6.13. The first kappa shape index (κ1) is 18.3. The number of esters is 1. The van der Waals surface area contributed by atoms with Crippen LogP contribution in [0.2, 0.25) is 0 Å². The maximum absolute atomic E-state index is 11.8. The third-order valence-electron chi connectivity index (χ3n) is 3.84. The summed E-state index contributed by atoms with van der Waals surface area (Å²) in [5.74, 6) is -0.752. The molecule has 27 heavy (non-hydrogen) atoms. The Morgan fingerprint density at radius 2 is 1.70 bits per heavy atom. The van der Waals surface area contributed by atoms with Crippen LogP contribution in [0.3, 0.4) is 0 Å². The summed E-state index contributed by atoms with van der Waals surface area (Å²) >= 11 is 0. The minimum Gasteiger partial charge on any atom is -0.455 e. The van der Waals surface area contributed by atoms with Crippen molar-refractivity contribution in [2.45, 2.75) is 13.5 Å². The van der Waals surface area contributed by atoms with Crippen molar-refractivity contribution in [2.75, 3.05) is 6.61 Å². The van der Waals surface area contributed by atoms with Crippen LogP contribution in [0.4, 0.5) is 0 Å². The normalized spacial score (nSPS) is 10.9. The Kier molecular flexibility index (Phi) is 5.94. The van der Waals surface area contributed by atoms with E-state index in [1.165, 1.54) is 13.0 Å². The average Bonchev–Trinajstić information content (AvgIpc) is 3.09. The molecule has 5 nitrogen and oxygen atoms in total. The predicted octanol–water partition coefficient (Wildman–Crippen LogP) is 3.74. The highest BCUT2D eigenvalue weighted by Gasteiger charge is 2.10. The zero-order chi connectivity index (χ0) is 19.1. The second-order valence-corrected chi connectivity index (χ2v) is 6.13. The number of benzene rings is 2. The van der Waals surface area contributed by atoms with Crippen molar-refractivity contribution in [2.24, 2.45) is 0 Å². The molecule has 0 fully saturated rings. The van der Waals surface area contributed by atoms with Gasteiger partial charge in [-0.3, -0.25) is 9.48 Å². The molecule has 136 valence electrons. The van der Waals surface area contributed by atoms with E-state index in [0.29, 0.717) is 6.54 Å². The molecule has 0 bridgehead atoms. The molecular weight excluding hydrogens is 340 g/mol. The first-order chi connectivity index (χ1) is 13.1. The third-order valence-corrected chi connectivity index (χ3v) is 3.84. The molecule has 0 unspecified atom stereocenters. The van der Waals surface area contributed by atoms with Gasteiger partial charge < -0.3 is 4.74 Å². The zero-order valence-electron chi connectivity index (χ0n) is 15.0. The van der Waals surface area contributed by atoms with Gasteiger partial charge in [0.05, 0.1) is 12.2 Å². The van der Waals surface area contributed by atoms with Gasteiger partial charge in [0, 0.05) is 23.4 Å². The first-order valence-corrected chi connectivity index (χ1v) is 8.63. The minimum atomic E-state index is -0.556. The number of aromatic nitrogens is 2. The largest absolute Gasteiger partial charge is 0.455 e. The van der Waals surface area contributed by atoms with Crippen molar-refractivity contribution < 1.29 is 14.3 Å². The van der Waals surface area contributed by atoms with Crippen LogP contribution in [0.5, 0.6) is 0 Å². The fraction of sp³-hybridized carbons (Fsp3) is 0.136. The number of ketones is 1. The first-order valence-electron chi connectivity index (χ1n) is 8.63. The Hall–Kier alpha value is -3.47. The van der Waals surface area contributed by atoms with Gasteiger partial charge in [-0.25, -0.2) is 4.79 Å². The smallest absolute Gasteiger partial charge is 0.331 e. The predicted molar refractivity (Wildman–Crippen MR) is 104 cm³/mol. The van der Waals surface area contributed by atoms with E-state index in [2.05, 4.69) is 5.10 Å². The van der Waals surface area contributed by atoms with Gasteiger partial charge in [0.2, 0.25) is 0 Å². The molecule has 0 N–H and O–H groups in total. The van der Waals surface area contributed by atoms with Crippen LogP contribution in [0, 0.1) is 0 Å². The molecule has 0 saturated heterocycles. The van der Waals surface area contributed by atoms with Crippen molar-refractivity contribution in [1.82, 2.24) is 9.78 Å². The van der Waals surface area contributed by atoms with Gasteiger partial charge >= 0.3 is 5.97 Å². The molecule has 1 aromatic heterocycles. The highest BCUT2D eigenvalue weighted by atomic mass is 16.5. The summed E-state index contributed by atoms with van der Waals surface area (Å²) in [6, 6.07) is 19.8. The molecule has 0 aliphatic carbocycles. The molecule has 0 aliphatic heterocycles. The van der Waals surface area contributed by atoms with E-state index in [9.17, 15) is 9.59 Å². The molecule has 0 saturated carbocycles. The van der Waals surface area contributed by atoms with Crippen LogP contribution in [-0.4, -0.2) is 28.1 Å². The number of carbonyl (C=O) groups is 2. The van der Waals surface area contributed by atoms with Crippen LogP contribution in [0.1, 0.15) is 18.1 Å². The van der Waals surface area contributed by atoms with E-state index in [1.807, 2.05) is 71.5 Å². The highest BCUT2D eigenvalue weighted by Crippen LogP contribution is 2.23. The van der Waals surface area contributed by atoms with Gasteiger partial charge in [0.15, 0.2) is 5.78 Å². The topological polar surface area (TPSA) is 61.2 Å². The van der Waals surface area contributed by atoms with Crippen LogP contribution < -0.4 is 0 Å². The summed E-state index contributed by atoms with van der Waals surface area (Å²) in [4.78, 5) is 22.7. The summed E-state index contributed by atoms with van der Waals surface area (Å²) in [7, 11) is 0. The van der Waals surface area contributed by atoms with Crippen molar-refractivity contribution in [3.63, 3.8) is 0 Å². The number of hydrogen-bond acceptors (Lipinski definition) is 4. The van der Waals surface area contributed by atoms with E-state index in [-0.39, 0.29) is 12.4 Å². The molecule has 0 spiro atoms. The number of ether oxygens (including phenoxy) is 1. The van der Waals surface area contributed by atoms with Gasteiger partial charge in [-0.2, -0.15) is 5.10 Å². The minimum absolute atomic E-state index is 0.197. The summed E-state index contributed by atoms with van der Waals surface area (Å²) in [6.45, 7) is 1.78. The zero-order valence-corrected chi connectivity index (χ0v) is 15.0. The Balaban J connectivity index is 1.86. The summed E-state index contributed by atoms with van der Waals surface area (Å²) in [5, 5.41) is 4.69. The van der Waals surface area contributed by atoms with Gasteiger partial charge in [0.25, 0.3) is 0 Å². The number of Topliss-reactive ketones (excluding diaryl/α,β-unsaturated/α-hetero) is 1. The molecule has 0 atom stereocenters. The second kappa shape index (κ2) is 8.76. The third kappa shape index (κ3) is 5.25. The highest BCUT2D eigenvalue weighted by molar-refractivity contribution is 5.90. The lowest BCUT2D eigenvalue weighted by Crippen LogP contribution is -2.08. The molecule has 3 rings (SSSR count).